The lowest BCUT2D eigenvalue weighted by Crippen LogP contribution is -2.26. The maximum Gasteiger partial charge on any atom is 0.416 e. The lowest BCUT2D eigenvalue weighted by Gasteiger charge is -2.12. The van der Waals surface area contributed by atoms with Gasteiger partial charge >= 0.3 is 6.18 Å². The fourth-order valence-electron chi connectivity index (χ4n) is 2.65. The number of nitrogens with one attached hydrogen (secondary N) is 2. The molecule has 0 saturated heterocycles. The molecule has 3 aromatic rings. The van der Waals surface area contributed by atoms with Gasteiger partial charge in [0.2, 0.25) is 0 Å². The van der Waals surface area contributed by atoms with E-state index in [9.17, 15) is 22.4 Å². The van der Waals surface area contributed by atoms with Gasteiger partial charge in [0.1, 0.15) is 11.5 Å². The molecule has 0 aliphatic carbocycles. The highest BCUT2D eigenvalue weighted by Crippen LogP contribution is 2.31. The van der Waals surface area contributed by atoms with Crippen LogP contribution < -0.4 is 5.32 Å². The maximum absolute atomic E-state index is 13.2. The minimum atomic E-state index is -4.43. The van der Waals surface area contributed by atoms with Crippen molar-refractivity contribution in [2.45, 2.75) is 12.6 Å². The zero-order chi connectivity index (χ0) is 18.0. The number of halogens is 4. The largest absolute Gasteiger partial charge is 0.416 e. The Kier molecular flexibility index (Phi) is 4.48. The van der Waals surface area contributed by atoms with Crippen LogP contribution in [0.5, 0.6) is 0 Å². The number of hydrogen-bond donors (Lipinski definition) is 2. The highest BCUT2D eigenvalue weighted by atomic mass is 19.4. The molecule has 2 N–H and O–H groups in total. The molecule has 25 heavy (non-hydrogen) atoms. The SMILES string of the molecule is O=C(NCCc1ccccc1C(F)(F)F)c1cc2cc(F)ccc2[nH]1. The lowest BCUT2D eigenvalue weighted by atomic mass is 10.0. The van der Waals surface area contributed by atoms with E-state index in [0.717, 1.165) is 6.07 Å². The van der Waals surface area contributed by atoms with Crippen molar-refractivity contribution in [1.82, 2.24) is 10.3 Å². The van der Waals surface area contributed by atoms with Gasteiger partial charge in [0.05, 0.1) is 5.56 Å². The quantitative estimate of drug-likeness (QED) is 0.677. The zero-order valence-electron chi connectivity index (χ0n) is 13.0. The summed E-state index contributed by atoms with van der Waals surface area (Å²) in [6.07, 6.45) is -4.38. The molecule has 0 aliphatic rings. The number of H-pyrrole nitrogens is 1. The first-order valence-corrected chi connectivity index (χ1v) is 7.56. The molecule has 0 fully saturated rings. The number of carbonyl (C=O) groups excluding carboxylic acids is 1. The van der Waals surface area contributed by atoms with Crippen LogP contribution >= 0.6 is 0 Å². The predicted octanol–water partition coefficient (Wildman–Crippen LogP) is 4.30. The van der Waals surface area contributed by atoms with Crippen molar-refractivity contribution in [1.29, 1.82) is 0 Å². The first kappa shape index (κ1) is 17.0. The Morgan fingerprint density at radius 2 is 1.84 bits per heavy atom. The van der Waals surface area contributed by atoms with E-state index < -0.39 is 23.5 Å². The monoisotopic (exact) mass is 350 g/mol. The van der Waals surface area contributed by atoms with Crippen molar-refractivity contribution in [2.24, 2.45) is 0 Å². The predicted molar refractivity (Wildman–Crippen MR) is 85.7 cm³/mol. The maximum atomic E-state index is 13.2. The Balaban J connectivity index is 1.67. The van der Waals surface area contributed by atoms with Crippen LogP contribution in [-0.2, 0) is 12.6 Å². The molecule has 1 aromatic heterocycles. The van der Waals surface area contributed by atoms with Crippen LogP contribution in [-0.4, -0.2) is 17.4 Å². The van der Waals surface area contributed by atoms with E-state index in [4.69, 9.17) is 0 Å². The second kappa shape index (κ2) is 6.58. The second-order valence-corrected chi connectivity index (χ2v) is 5.58. The first-order chi connectivity index (χ1) is 11.8. The average Bonchev–Trinajstić information content (AvgIpc) is 2.97. The van der Waals surface area contributed by atoms with E-state index in [1.807, 2.05) is 0 Å². The van der Waals surface area contributed by atoms with Crippen molar-refractivity contribution in [3.8, 4) is 0 Å². The number of alkyl halides is 3. The summed E-state index contributed by atoms with van der Waals surface area (Å²) in [5.74, 6) is -0.872. The average molecular weight is 350 g/mol. The summed E-state index contributed by atoms with van der Waals surface area (Å²) < 4.78 is 51.9. The van der Waals surface area contributed by atoms with Crippen LogP contribution in [0.25, 0.3) is 10.9 Å². The number of carbonyl (C=O) groups is 1. The van der Waals surface area contributed by atoms with Gasteiger partial charge < -0.3 is 10.3 Å². The molecule has 0 bridgehead atoms. The van der Waals surface area contributed by atoms with E-state index >= 15 is 0 Å². The number of fused-ring (bicyclic) bond motifs is 1. The highest BCUT2D eigenvalue weighted by molar-refractivity contribution is 5.97. The first-order valence-electron chi connectivity index (χ1n) is 7.56. The third kappa shape index (κ3) is 3.81. The van der Waals surface area contributed by atoms with Crippen LogP contribution in [0.2, 0.25) is 0 Å². The van der Waals surface area contributed by atoms with Gasteiger partial charge in [-0.3, -0.25) is 4.79 Å². The smallest absolute Gasteiger partial charge is 0.351 e. The fraction of sp³-hybridized carbons (Fsp3) is 0.167. The molecule has 130 valence electrons. The topological polar surface area (TPSA) is 44.9 Å². The summed E-state index contributed by atoms with van der Waals surface area (Å²) in [6.45, 7) is 0.0512. The molecule has 0 saturated carbocycles. The number of benzene rings is 2. The number of rotatable bonds is 4. The van der Waals surface area contributed by atoms with Crippen molar-refractivity contribution in [3.05, 3.63) is 71.2 Å². The van der Waals surface area contributed by atoms with Gasteiger partial charge in [0.15, 0.2) is 0 Å². The van der Waals surface area contributed by atoms with Crippen LogP contribution in [0, 0.1) is 5.82 Å². The van der Waals surface area contributed by atoms with Gasteiger partial charge in [-0.2, -0.15) is 13.2 Å². The summed E-state index contributed by atoms with van der Waals surface area (Å²) in [4.78, 5) is 15.0. The van der Waals surface area contributed by atoms with Crippen LogP contribution in [0.3, 0.4) is 0 Å². The molecule has 2 aromatic carbocycles. The molecule has 0 radical (unpaired) electrons. The molecular formula is C18H14F4N2O. The van der Waals surface area contributed by atoms with E-state index in [0.29, 0.717) is 10.9 Å². The standard InChI is InChI=1S/C18H14F4N2O/c19-13-5-6-15-12(9-13)10-16(24-15)17(25)23-8-7-11-3-1-2-4-14(11)18(20,21)22/h1-6,9-10,24H,7-8H2,(H,23,25). The fourth-order valence-corrected chi connectivity index (χ4v) is 2.65. The Labute approximate surface area is 140 Å². The van der Waals surface area contributed by atoms with Crippen molar-refractivity contribution in [2.75, 3.05) is 6.54 Å². The summed E-state index contributed by atoms with van der Waals surface area (Å²) in [5.41, 5.74) is 0.248. The summed E-state index contributed by atoms with van der Waals surface area (Å²) in [7, 11) is 0. The lowest BCUT2D eigenvalue weighted by molar-refractivity contribution is -0.138. The molecule has 0 aliphatic heterocycles. The van der Waals surface area contributed by atoms with Gasteiger partial charge in [0.25, 0.3) is 5.91 Å². The molecule has 0 spiro atoms. The van der Waals surface area contributed by atoms with Crippen LogP contribution in [0.1, 0.15) is 21.6 Å². The third-order valence-electron chi connectivity index (χ3n) is 3.83. The van der Waals surface area contributed by atoms with Crippen LogP contribution in [0.4, 0.5) is 17.6 Å². The molecule has 3 rings (SSSR count). The zero-order valence-corrected chi connectivity index (χ0v) is 13.0. The summed E-state index contributed by atoms with van der Waals surface area (Å²) in [6, 6.07) is 10.8. The Morgan fingerprint density at radius 3 is 2.60 bits per heavy atom. The molecular weight excluding hydrogens is 336 g/mol. The summed E-state index contributed by atoms with van der Waals surface area (Å²) >= 11 is 0. The van der Waals surface area contributed by atoms with E-state index in [1.54, 1.807) is 0 Å². The van der Waals surface area contributed by atoms with Gasteiger partial charge in [-0.25, -0.2) is 4.39 Å². The number of hydrogen-bond acceptors (Lipinski definition) is 1. The van der Waals surface area contributed by atoms with Gasteiger partial charge in [-0.15, -0.1) is 0 Å². The van der Waals surface area contributed by atoms with E-state index in [-0.39, 0.29) is 24.2 Å². The molecule has 0 unspecified atom stereocenters. The van der Waals surface area contributed by atoms with Crippen molar-refractivity contribution in [3.63, 3.8) is 0 Å². The number of amides is 1. The Bertz CT molecular complexity index is 915. The normalized spacial score (nSPS) is 11.7. The molecule has 1 heterocycles. The molecule has 0 atom stereocenters. The van der Waals surface area contributed by atoms with Crippen molar-refractivity contribution >= 4 is 16.8 Å². The highest BCUT2D eigenvalue weighted by Gasteiger charge is 2.32. The van der Waals surface area contributed by atoms with Gasteiger partial charge in [0, 0.05) is 17.4 Å². The van der Waals surface area contributed by atoms with Crippen molar-refractivity contribution < 1.29 is 22.4 Å². The molecule has 7 heteroatoms. The molecule has 1 amide bonds. The Morgan fingerprint density at radius 1 is 1.08 bits per heavy atom. The van der Waals surface area contributed by atoms with Gasteiger partial charge in [-0.1, -0.05) is 18.2 Å². The Hall–Kier alpha value is -2.83. The van der Waals surface area contributed by atoms with E-state index in [1.165, 1.54) is 42.5 Å². The minimum absolute atomic E-state index is 0.0512. The number of aromatic nitrogens is 1. The van der Waals surface area contributed by atoms with Gasteiger partial charge in [-0.05, 0) is 42.3 Å². The minimum Gasteiger partial charge on any atom is -0.351 e. The second-order valence-electron chi connectivity index (χ2n) is 5.58. The molecule has 3 nitrogen and oxygen atoms in total. The van der Waals surface area contributed by atoms with Crippen LogP contribution in [0.15, 0.2) is 48.5 Å². The third-order valence-corrected chi connectivity index (χ3v) is 3.83. The van der Waals surface area contributed by atoms with E-state index in [2.05, 4.69) is 10.3 Å². The number of aromatic amines is 1. The summed E-state index contributed by atoms with van der Waals surface area (Å²) in [5, 5.41) is 3.12.